The van der Waals surface area contributed by atoms with Crippen molar-refractivity contribution in [3.63, 3.8) is 0 Å². The van der Waals surface area contributed by atoms with Crippen LogP contribution in [0.5, 0.6) is 0 Å². The number of halogens is 2. The van der Waals surface area contributed by atoms with Crippen molar-refractivity contribution >= 4 is 3.21 Å². The van der Waals surface area contributed by atoms with Crippen molar-refractivity contribution in [3.8, 4) is 11.1 Å². The molecule has 0 aliphatic heterocycles. The Balaban J connectivity index is 0.00000281. The summed E-state index contributed by atoms with van der Waals surface area (Å²) in [7, 11) is 0. The van der Waals surface area contributed by atoms with Crippen molar-refractivity contribution in [1.82, 2.24) is 0 Å². The van der Waals surface area contributed by atoms with E-state index < -0.39 is 21.3 Å². The molecule has 0 fully saturated rings. The normalized spacial score (nSPS) is 14.8. The van der Waals surface area contributed by atoms with Crippen LogP contribution in [0.25, 0.3) is 11.1 Å². The van der Waals surface area contributed by atoms with E-state index in [-0.39, 0.29) is 35.6 Å². The number of allylic oxidation sites excluding steroid dienone is 4. The second kappa shape index (κ2) is 15.4. The average molecular weight is 783 g/mol. The fourth-order valence-electron chi connectivity index (χ4n) is 8.09. The van der Waals surface area contributed by atoms with Gasteiger partial charge in [-0.25, -0.2) is 0 Å². The minimum absolute atomic E-state index is 0. The van der Waals surface area contributed by atoms with Gasteiger partial charge in [0.1, 0.15) is 0 Å². The molecule has 3 heteroatoms. The van der Waals surface area contributed by atoms with Crippen LogP contribution in [0.15, 0.2) is 94.3 Å². The van der Waals surface area contributed by atoms with E-state index in [0.29, 0.717) is 15.5 Å². The van der Waals surface area contributed by atoms with Crippen LogP contribution >= 0.6 is 0 Å². The van der Waals surface area contributed by atoms with Crippen LogP contribution in [0.4, 0.5) is 0 Å². The van der Waals surface area contributed by atoms with Gasteiger partial charge in [-0.15, -0.1) is 0 Å². The molecule has 0 radical (unpaired) electrons. The van der Waals surface area contributed by atoms with Gasteiger partial charge in [0.15, 0.2) is 0 Å². The maximum atomic E-state index is 2.62. The molecule has 0 aromatic heterocycles. The Morgan fingerprint density at radius 2 is 1.18 bits per heavy atom. The first kappa shape index (κ1) is 40.5. The van der Waals surface area contributed by atoms with Crippen LogP contribution in [0.1, 0.15) is 147 Å². The molecule has 50 heavy (non-hydrogen) atoms. The molecular formula is C47H56Cl2Zr. The molecule has 0 nitrogen and oxygen atoms in total. The molecule has 0 saturated heterocycles. The van der Waals surface area contributed by atoms with Gasteiger partial charge in [0, 0.05) is 0 Å². The van der Waals surface area contributed by atoms with Crippen molar-refractivity contribution < 1.29 is 46.1 Å². The number of aryl methyl sites for hydroxylation is 2. The van der Waals surface area contributed by atoms with Gasteiger partial charge >= 0.3 is 301 Å². The van der Waals surface area contributed by atoms with Crippen molar-refractivity contribution in [3.05, 3.63) is 150 Å². The van der Waals surface area contributed by atoms with E-state index in [1.165, 1.54) is 55.6 Å². The SMILES string of the molecule is Cc1cc2c(c(C(C)(C)C)c1)-c1cc(C(C)(C)C)c(C)cc1[CH]2[Zr+2]([C]1=CC=CC1)=[C](c1ccc(C(C)C)cc1)c1ccc(C(C)C)cc1.[Cl-].[Cl-]. The summed E-state index contributed by atoms with van der Waals surface area (Å²) in [6.45, 7) is 28.2. The van der Waals surface area contributed by atoms with Crippen LogP contribution in [0.2, 0.25) is 0 Å². The smallest absolute Gasteiger partial charge is 1.00 e. The average Bonchev–Trinajstić information content (AvgIpc) is 3.65. The zero-order valence-electron chi connectivity index (χ0n) is 32.4. The fourth-order valence-corrected chi connectivity index (χ4v) is 17.0. The predicted octanol–water partition coefficient (Wildman–Crippen LogP) is 6.95. The molecule has 2 aliphatic carbocycles. The molecule has 0 amide bonds. The van der Waals surface area contributed by atoms with Gasteiger partial charge in [-0.05, 0) is 0 Å². The minimum atomic E-state index is -2.80. The molecule has 6 rings (SSSR count). The standard InChI is InChI=1S/C23H29.C19H22.C5H5.2ClH.Zr/c1-14-9-17-12-16-11-15(2)19(22(3,4)5)13-18(16)21(17)20(10-14)23(6,7)8;1-14(2)18-9-5-16(6-10-18)13-17-7-11-19(12-8-17)15(3)4;1-2-4-5-3-1;;;/h9-13H,1-8H3;5-12,14-15H,1-4H3;1-3H,4H2;2*1H;/q;;;;;+2/p-2. The maximum absolute atomic E-state index is 2.80. The molecule has 4 aromatic carbocycles. The predicted molar refractivity (Wildman–Crippen MR) is 207 cm³/mol. The number of fused-ring (bicyclic) bond motifs is 3. The van der Waals surface area contributed by atoms with Gasteiger partial charge < -0.3 is 24.8 Å². The fraction of sp³-hybridized carbons (Fsp3) is 0.383. The summed E-state index contributed by atoms with van der Waals surface area (Å²) in [5.41, 5.74) is 17.7. The first-order valence-electron chi connectivity index (χ1n) is 18.2. The Hall–Kier alpha value is -2.31. The molecule has 1 unspecified atom stereocenters. The molecular weight excluding hydrogens is 727 g/mol. The Kier molecular flexibility index (Phi) is 12.4. The molecule has 0 heterocycles. The maximum Gasteiger partial charge on any atom is -1.00 e. The zero-order chi connectivity index (χ0) is 34.7. The van der Waals surface area contributed by atoms with Crippen LogP contribution in [0.3, 0.4) is 0 Å². The van der Waals surface area contributed by atoms with Crippen molar-refractivity contribution in [1.29, 1.82) is 0 Å². The van der Waals surface area contributed by atoms with Crippen LogP contribution in [-0.4, -0.2) is 3.21 Å². The van der Waals surface area contributed by atoms with Crippen molar-refractivity contribution in [2.75, 3.05) is 0 Å². The number of hydrogen-bond donors (Lipinski definition) is 0. The third-order valence-corrected chi connectivity index (χ3v) is 18.9. The first-order chi connectivity index (χ1) is 22.6. The second-order valence-electron chi connectivity index (χ2n) is 17.1. The quantitative estimate of drug-likeness (QED) is 0.199. The third kappa shape index (κ3) is 7.73. The van der Waals surface area contributed by atoms with Gasteiger partial charge in [0.05, 0.1) is 0 Å². The van der Waals surface area contributed by atoms with E-state index in [9.17, 15) is 0 Å². The summed E-state index contributed by atoms with van der Waals surface area (Å²) >= 11 is -2.80. The Bertz CT molecular complexity index is 1900. The summed E-state index contributed by atoms with van der Waals surface area (Å²) in [4.78, 5) is 0. The number of rotatable bonds is 6. The summed E-state index contributed by atoms with van der Waals surface area (Å²) < 4.78 is 3.74. The van der Waals surface area contributed by atoms with E-state index in [1.54, 1.807) is 17.6 Å². The summed E-state index contributed by atoms with van der Waals surface area (Å²) in [5.74, 6) is 1.03. The van der Waals surface area contributed by atoms with Gasteiger partial charge in [-0.1, -0.05) is 0 Å². The number of benzene rings is 4. The number of hydrogen-bond acceptors (Lipinski definition) is 0. The largest absolute Gasteiger partial charge is 1.00 e. The van der Waals surface area contributed by atoms with Crippen LogP contribution < -0.4 is 24.8 Å². The van der Waals surface area contributed by atoms with E-state index in [1.807, 2.05) is 0 Å². The van der Waals surface area contributed by atoms with Crippen LogP contribution in [-0.2, 0) is 32.1 Å². The van der Waals surface area contributed by atoms with Crippen LogP contribution in [0, 0.1) is 13.8 Å². The monoisotopic (exact) mass is 780 g/mol. The summed E-state index contributed by atoms with van der Waals surface area (Å²) in [5, 5.41) is 0. The van der Waals surface area contributed by atoms with Gasteiger partial charge in [-0.2, -0.15) is 0 Å². The van der Waals surface area contributed by atoms with E-state index >= 15 is 0 Å². The second-order valence-corrected chi connectivity index (χ2v) is 23.4. The molecule has 0 bridgehead atoms. The molecule has 262 valence electrons. The van der Waals surface area contributed by atoms with Gasteiger partial charge in [0.2, 0.25) is 0 Å². The van der Waals surface area contributed by atoms with Crippen molar-refractivity contribution in [2.45, 2.75) is 116 Å². The van der Waals surface area contributed by atoms with E-state index in [4.69, 9.17) is 0 Å². The molecule has 2 aliphatic rings. The molecule has 0 saturated carbocycles. The van der Waals surface area contributed by atoms with Crippen molar-refractivity contribution in [2.24, 2.45) is 0 Å². The van der Waals surface area contributed by atoms with E-state index in [2.05, 4.69) is 174 Å². The Morgan fingerprint density at radius 1 is 0.660 bits per heavy atom. The minimum Gasteiger partial charge on any atom is -1.00 e. The Morgan fingerprint density at radius 3 is 1.62 bits per heavy atom. The first-order valence-corrected chi connectivity index (χ1v) is 22.0. The van der Waals surface area contributed by atoms with Gasteiger partial charge in [-0.3, -0.25) is 0 Å². The molecule has 0 spiro atoms. The Labute approximate surface area is 323 Å². The summed E-state index contributed by atoms with van der Waals surface area (Å²) in [6.07, 6.45) is 8.32. The zero-order valence-corrected chi connectivity index (χ0v) is 36.3. The molecule has 1 atom stereocenters. The topological polar surface area (TPSA) is 0 Å². The van der Waals surface area contributed by atoms with Gasteiger partial charge in [0.25, 0.3) is 0 Å². The summed E-state index contributed by atoms with van der Waals surface area (Å²) in [6, 6.07) is 29.7. The third-order valence-electron chi connectivity index (χ3n) is 10.6. The molecule has 4 aromatic rings. The molecule has 0 N–H and O–H groups in total. The van der Waals surface area contributed by atoms with E-state index in [0.717, 1.165) is 6.42 Å².